The molecule has 0 spiro atoms. The molecule has 1 nitrogen and oxygen atoms in total. The summed E-state index contributed by atoms with van der Waals surface area (Å²) in [7, 11) is 0. The van der Waals surface area contributed by atoms with E-state index >= 15 is 0 Å². The van der Waals surface area contributed by atoms with Crippen molar-refractivity contribution in [3.05, 3.63) is 34.3 Å². The van der Waals surface area contributed by atoms with Crippen LogP contribution in [0.2, 0.25) is 0 Å². The van der Waals surface area contributed by atoms with Gasteiger partial charge in [0.15, 0.2) is 0 Å². The van der Waals surface area contributed by atoms with E-state index in [0.29, 0.717) is 11.5 Å². The largest absolute Gasteiger partial charge is 0.314 e. The van der Waals surface area contributed by atoms with E-state index in [2.05, 4.69) is 59.4 Å². The lowest BCUT2D eigenvalue weighted by atomic mass is 9.69. The van der Waals surface area contributed by atoms with Crippen molar-refractivity contribution in [1.29, 1.82) is 0 Å². The van der Waals surface area contributed by atoms with Crippen LogP contribution in [0.4, 0.5) is 0 Å². The fraction of sp³-hybridized carbons (Fsp3) is 0.625. The van der Waals surface area contributed by atoms with Crippen LogP contribution in [0.25, 0.3) is 0 Å². The van der Waals surface area contributed by atoms with E-state index in [4.69, 9.17) is 0 Å². The molecule has 0 heterocycles. The Labute approximate surface area is 119 Å². The molecule has 1 aromatic rings. The van der Waals surface area contributed by atoms with Gasteiger partial charge in [-0.15, -0.1) is 0 Å². The van der Waals surface area contributed by atoms with Gasteiger partial charge in [-0.2, -0.15) is 0 Å². The van der Waals surface area contributed by atoms with Gasteiger partial charge in [-0.3, -0.25) is 0 Å². The lowest BCUT2D eigenvalue weighted by Crippen LogP contribution is -2.42. The molecule has 0 saturated heterocycles. The van der Waals surface area contributed by atoms with E-state index < -0.39 is 0 Å². The second-order valence-electron chi connectivity index (χ2n) is 5.89. The summed E-state index contributed by atoms with van der Waals surface area (Å²) in [6.45, 7) is 5.58. The second kappa shape index (κ2) is 6.21. The molecule has 0 bridgehead atoms. The average Bonchev–Trinajstić information content (AvgIpc) is 2.37. The highest BCUT2D eigenvalue weighted by Gasteiger charge is 2.33. The van der Waals surface area contributed by atoms with Crippen LogP contribution in [-0.4, -0.2) is 12.6 Å². The minimum Gasteiger partial charge on any atom is -0.314 e. The average molecular weight is 310 g/mol. The van der Waals surface area contributed by atoms with Crippen LogP contribution in [0.1, 0.15) is 51.5 Å². The van der Waals surface area contributed by atoms with Crippen molar-refractivity contribution >= 4 is 15.9 Å². The first-order chi connectivity index (χ1) is 8.62. The van der Waals surface area contributed by atoms with E-state index in [9.17, 15) is 0 Å². The molecule has 1 saturated carbocycles. The van der Waals surface area contributed by atoms with E-state index in [-0.39, 0.29) is 0 Å². The van der Waals surface area contributed by atoms with Crippen molar-refractivity contribution < 1.29 is 0 Å². The van der Waals surface area contributed by atoms with Gasteiger partial charge < -0.3 is 5.32 Å². The molecule has 18 heavy (non-hydrogen) atoms. The molecular formula is C16H24BrN. The third-order valence-electron chi connectivity index (χ3n) is 4.10. The summed E-state index contributed by atoms with van der Waals surface area (Å²) in [5.74, 6) is 0. The predicted molar refractivity (Wildman–Crippen MR) is 82.0 cm³/mol. The van der Waals surface area contributed by atoms with Crippen LogP contribution in [0.15, 0.2) is 28.7 Å². The number of hydrogen-bond donors (Lipinski definition) is 1. The summed E-state index contributed by atoms with van der Waals surface area (Å²) in [6.07, 6.45) is 6.78. The third-order valence-corrected chi connectivity index (χ3v) is 4.59. The zero-order chi connectivity index (χ0) is 13.0. The Hall–Kier alpha value is -0.340. The summed E-state index contributed by atoms with van der Waals surface area (Å²) >= 11 is 3.61. The van der Waals surface area contributed by atoms with Gasteiger partial charge in [0.05, 0.1) is 0 Å². The fourth-order valence-corrected chi connectivity index (χ4v) is 3.41. The van der Waals surface area contributed by atoms with Crippen molar-refractivity contribution in [2.24, 2.45) is 0 Å². The topological polar surface area (TPSA) is 12.0 Å². The molecule has 1 fully saturated rings. The Morgan fingerprint density at radius 3 is 2.56 bits per heavy atom. The maximum absolute atomic E-state index is 3.66. The minimum absolute atomic E-state index is 0.353. The lowest BCUT2D eigenvalue weighted by Gasteiger charge is -2.39. The predicted octanol–water partition coefficient (Wildman–Crippen LogP) is 4.65. The first-order valence-corrected chi connectivity index (χ1v) is 7.91. The molecule has 1 aromatic carbocycles. The van der Waals surface area contributed by atoms with Crippen molar-refractivity contribution in [3.8, 4) is 0 Å². The molecular weight excluding hydrogens is 286 g/mol. The molecule has 1 aliphatic carbocycles. The van der Waals surface area contributed by atoms with Gasteiger partial charge in [0.25, 0.3) is 0 Å². The molecule has 1 aliphatic rings. The highest BCUT2D eigenvalue weighted by atomic mass is 79.9. The third kappa shape index (κ3) is 3.36. The molecule has 1 N–H and O–H groups in total. The minimum atomic E-state index is 0.353. The number of halogens is 1. The summed E-state index contributed by atoms with van der Waals surface area (Å²) in [5.41, 5.74) is 1.86. The number of benzene rings is 1. The molecule has 2 rings (SSSR count). The molecule has 0 aliphatic heterocycles. The van der Waals surface area contributed by atoms with E-state index in [1.807, 2.05) is 0 Å². The quantitative estimate of drug-likeness (QED) is 0.853. The van der Waals surface area contributed by atoms with Gasteiger partial charge in [0.2, 0.25) is 0 Å². The smallest absolute Gasteiger partial charge is 0.0178 e. The van der Waals surface area contributed by atoms with E-state index in [1.54, 1.807) is 0 Å². The Bertz CT molecular complexity index is 380. The monoisotopic (exact) mass is 309 g/mol. The Balaban J connectivity index is 2.23. The van der Waals surface area contributed by atoms with Gasteiger partial charge in [0.1, 0.15) is 0 Å². The summed E-state index contributed by atoms with van der Waals surface area (Å²) in [5, 5.41) is 3.66. The summed E-state index contributed by atoms with van der Waals surface area (Å²) in [4.78, 5) is 0. The Morgan fingerprint density at radius 1 is 1.22 bits per heavy atom. The van der Waals surface area contributed by atoms with Gasteiger partial charge in [-0.25, -0.2) is 0 Å². The van der Waals surface area contributed by atoms with Crippen LogP contribution in [-0.2, 0) is 5.41 Å². The number of nitrogens with one attached hydrogen (secondary N) is 1. The Kier molecular flexibility index (Phi) is 4.85. The van der Waals surface area contributed by atoms with E-state index in [0.717, 1.165) is 6.54 Å². The first-order valence-electron chi connectivity index (χ1n) is 7.12. The number of hydrogen-bond acceptors (Lipinski definition) is 1. The molecule has 100 valence electrons. The van der Waals surface area contributed by atoms with Gasteiger partial charge >= 0.3 is 0 Å². The molecule has 2 heteroatoms. The van der Waals surface area contributed by atoms with Gasteiger partial charge in [-0.1, -0.05) is 61.2 Å². The SMILES string of the molecule is CC(C)NCC1(c2cccc(Br)c2)CCCCC1. The fourth-order valence-electron chi connectivity index (χ4n) is 3.01. The van der Waals surface area contributed by atoms with Crippen molar-refractivity contribution in [3.63, 3.8) is 0 Å². The van der Waals surface area contributed by atoms with Crippen LogP contribution in [0, 0.1) is 0 Å². The summed E-state index contributed by atoms with van der Waals surface area (Å²) in [6, 6.07) is 9.47. The maximum atomic E-state index is 3.66. The van der Waals surface area contributed by atoms with Crippen molar-refractivity contribution in [2.75, 3.05) is 6.54 Å². The van der Waals surface area contributed by atoms with Crippen LogP contribution in [0.5, 0.6) is 0 Å². The van der Waals surface area contributed by atoms with Crippen molar-refractivity contribution in [2.45, 2.75) is 57.4 Å². The van der Waals surface area contributed by atoms with Gasteiger partial charge in [-0.05, 0) is 30.5 Å². The van der Waals surface area contributed by atoms with Crippen molar-refractivity contribution in [1.82, 2.24) is 5.32 Å². The second-order valence-corrected chi connectivity index (χ2v) is 6.80. The van der Waals surface area contributed by atoms with E-state index in [1.165, 1.54) is 42.1 Å². The highest BCUT2D eigenvalue weighted by molar-refractivity contribution is 9.10. The summed E-state index contributed by atoms with van der Waals surface area (Å²) < 4.78 is 1.20. The Morgan fingerprint density at radius 2 is 1.94 bits per heavy atom. The molecule has 0 unspecified atom stereocenters. The zero-order valence-electron chi connectivity index (χ0n) is 11.5. The number of rotatable bonds is 4. The molecule has 0 atom stereocenters. The maximum Gasteiger partial charge on any atom is 0.0178 e. The molecule has 0 radical (unpaired) electrons. The van der Waals surface area contributed by atoms with Crippen LogP contribution < -0.4 is 5.32 Å². The van der Waals surface area contributed by atoms with Crippen LogP contribution in [0.3, 0.4) is 0 Å². The lowest BCUT2D eigenvalue weighted by molar-refractivity contribution is 0.273. The first kappa shape index (κ1) is 14.1. The highest BCUT2D eigenvalue weighted by Crippen LogP contribution is 2.39. The van der Waals surface area contributed by atoms with Crippen LogP contribution >= 0.6 is 15.9 Å². The molecule has 0 amide bonds. The molecule has 0 aromatic heterocycles. The normalized spacial score (nSPS) is 19.1. The zero-order valence-corrected chi connectivity index (χ0v) is 13.1. The van der Waals surface area contributed by atoms with Gasteiger partial charge in [0, 0.05) is 22.5 Å². The standard InChI is InChI=1S/C16H24BrN/c1-13(2)18-12-16(9-4-3-5-10-16)14-7-6-8-15(17)11-14/h6-8,11,13,18H,3-5,9-10,12H2,1-2H3.